The van der Waals surface area contributed by atoms with E-state index in [4.69, 9.17) is 21.1 Å². The molecule has 1 aliphatic rings. The first-order chi connectivity index (χ1) is 14.1. The van der Waals surface area contributed by atoms with Crippen molar-refractivity contribution < 1.29 is 9.47 Å². The zero-order valence-corrected chi connectivity index (χ0v) is 17.2. The third-order valence-electron chi connectivity index (χ3n) is 5.38. The van der Waals surface area contributed by atoms with Crippen molar-refractivity contribution in [3.05, 3.63) is 69.5 Å². The molecular formula is C23H25ClN2O3. The van der Waals surface area contributed by atoms with E-state index in [0.717, 1.165) is 53.4 Å². The number of fused-ring (bicyclic) bond motifs is 1. The van der Waals surface area contributed by atoms with Crippen LogP contribution in [0.4, 0.5) is 0 Å². The molecule has 4 rings (SSSR count). The van der Waals surface area contributed by atoms with Crippen molar-refractivity contribution in [3.63, 3.8) is 0 Å². The Balaban J connectivity index is 1.18. The second kappa shape index (κ2) is 8.89. The van der Waals surface area contributed by atoms with Crippen LogP contribution in [0.15, 0.2) is 53.3 Å². The first kappa shape index (κ1) is 19.8. The van der Waals surface area contributed by atoms with Gasteiger partial charge >= 0.3 is 0 Å². The van der Waals surface area contributed by atoms with Crippen LogP contribution in [-0.2, 0) is 0 Å². The average molecular weight is 413 g/mol. The van der Waals surface area contributed by atoms with Crippen LogP contribution in [0.3, 0.4) is 0 Å². The van der Waals surface area contributed by atoms with Gasteiger partial charge in [0.15, 0.2) is 0 Å². The summed E-state index contributed by atoms with van der Waals surface area (Å²) in [6, 6.07) is 14.9. The second-order valence-electron chi connectivity index (χ2n) is 7.47. The Labute approximate surface area is 175 Å². The van der Waals surface area contributed by atoms with Gasteiger partial charge in [0.05, 0.1) is 19.2 Å². The fourth-order valence-electron chi connectivity index (χ4n) is 3.74. The molecule has 0 amide bonds. The van der Waals surface area contributed by atoms with Crippen LogP contribution in [0, 0.1) is 5.92 Å². The molecule has 29 heavy (non-hydrogen) atoms. The van der Waals surface area contributed by atoms with Crippen molar-refractivity contribution in [2.24, 2.45) is 5.92 Å². The van der Waals surface area contributed by atoms with E-state index in [9.17, 15) is 4.79 Å². The van der Waals surface area contributed by atoms with Crippen molar-refractivity contribution >= 4 is 22.5 Å². The van der Waals surface area contributed by atoms with Gasteiger partial charge in [-0.15, -0.1) is 0 Å². The first-order valence-electron chi connectivity index (χ1n) is 9.94. The molecule has 1 aromatic heterocycles. The highest BCUT2D eigenvalue weighted by Gasteiger charge is 2.39. The third-order valence-corrected chi connectivity index (χ3v) is 5.62. The lowest BCUT2D eigenvalue weighted by molar-refractivity contribution is 0.308. The number of aromatic amines is 1. The molecule has 0 unspecified atom stereocenters. The van der Waals surface area contributed by atoms with Crippen LogP contribution < -0.4 is 20.3 Å². The van der Waals surface area contributed by atoms with Crippen molar-refractivity contribution in [2.45, 2.75) is 18.8 Å². The van der Waals surface area contributed by atoms with E-state index in [1.54, 1.807) is 7.11 Å². The van der Waals surface area contributed by atoms with Gasteiger partial charge < -0.3 is 19.8 Å². The molecule has 2 atom stereocenters. The quantitative estimate of drug-likeness (QED) is 0.513. The molecule has 2 aromatic carbocycles. The number of benzene rings is 2. The fourth-order valence-corrected chi connectivity index (χ4v) is 3.92. The summed E-state index contributed by atoms with van der Waals surface area (Å²) in [6.07, 6.45) is 2.08. The Morgan fingerprint density at radius 1 is 1.17 bits per heavy atom. The van der Waals surface area contributed by atoms with Crippen LogP contribution in [0.1, 0.15) is 24.3 Å². The van der Waals surface area contributed by atoms with Crippen molar-refractivity contribution in [2.75, 3.05) is 26.8 Å². The van der Waals surface area contributed by atoms with Crippen LogP contribution in [0.2, 0.25) is 5.02 Å². The number of hydrogen-bond donors (Lipinski definition) is 2. The largest absolute Gasteiger partial charge is 0.496 e. The minimum Gasteiger partial charge on any atom is -0.496 e. The number of H-pyrrole nitrogens is 1. The third kappa shape index (κ3) is 4.92. The summed E-state index contributed by atoms with van der Waals surface area (Å²) in [5.41, 5.74) is 1.90. The normalized spacial score (nSPS) is 18.0. The Bertz CT molecular complexity index is 1050. The summed E-state index contributed by atoms with van der Waals surface area (Å²) in [7, 11) is 1.70. The Morgan fingerprint density at radius 2 is 2.03 bits per heavy atom. The number of aromatic nitrogens is 1. The van der Waals surface area contributed by atoms with E-state index in [-0.39, 0.29) is 5.56 Å². The fraction of sp³-hybridized carbons (Fsp3) is 0.348. The smallest absolute Gasteiger partial charge is 0.248 e. The van der Waals surface area contributed by atoms with Crippen LogP contribution in [0.5, 0.6) is 11.5 Å². The van der Waals surface area contributed by atoms with Gasteiger partial charge in [-0.2, -0.15) is 0 Å². The van der Waals surface area contributed by atoms with Gasteiger partial charge in [-0.3, -0.25) is 4.79 Å². The Hall–Kier alpha value is -2.50. The van der Waals surface area contributed by atoms with Gasteiger partial charge in [0.2, 0.25) is 5.56 Å². The molecule has 1 fully saturated rings. The SMILES string of the molecule is COc1ccc(Cl)cc1[C@@H]1C[C@H]1CNCCCOc1ccc2ccc(=O)[nH]c2c1. The van der Waals surface area contributed by atoms with Crippen LogP contribution in [0.25, 0.3) is 10.9 Å². The molecule has 0 aliphatic heterocycles. The van der Waals surface area contributed by atoms with E-state index in [2.05, 4.69) is 10.3 Å². The standard InChI is InChI=1S/C23H25ClN2O3/c1-28-22-7-5-17(24)12-20(22)19-11-16(19)14-25-9-2-10-29-18-6-3-15-4-8-23(27)26-21(15)13-18/h3-8,12-13,16,19,25H,2,9-11,14H2,1H3,(H,26,27)/t16-,19+/m0/s1. The molecule has 0 radical (unpaired) electrons. The predicted octanol–water partition coefficient (Wildman–Crippen LogP) is 4.35. The van der Waals surface area contributed by atoms with Crippen molar-refractivity contribution in [3.8, 4) is 11.5 Å². The van der Waals surface area contributed by atoms with Gasteiger partial charge in [-0.1, -0.05) is 11.6 Å². The van der Waals surface area contributed by atoms with E-state index in [0.29, 0.717) is 18.4 Å². The van der Waals surface area contributed by atoms with E-state index in [1.807, 2.05) is 42.5 Å². The number of nitrogens with one attached hydrogen (secondary N) is 2. The predicted molar refractivity (Wildman–Crippen MR) is 116 cm³/mol. The monoisotopic (exact) mass is 412 g/mol. The highest BCUT2D eigenvalue weighted by atomic mass is 35.5. The lowest BCUT2D eigenvalue weighted by Crippen LogP contribution is -2.20. The maximum Gasteiger partial charge on any atom is 0.248 e. The molecule has 6 heteroatoms. The van der Waals surface area contributed by atoms with Gasteiger partial charge in [0.25, 0.3) is 0 Å². The zero-order valence-electron chi connectivity index (χ0n) is 16.4. The van der Waals surface area contributed by atoms with Gasteiger partial charge in [-0.05, 0) is 85.1 Å². The molecule has 1 heterocycles. The number of rotatable bonds is 9. The first-order valence-corrected chi connectivity index (χ1v) is 10.3. The highest BCUT2D eigenvalue weighted by Crippen LogP contribution is 2.50. The Morgan fingerprint density at radius 3 is 2.90 bits per heavy atom. The molecule has 1 saturated carbocycles. The molecule has 2 N–H and O–H groups in total. The lowest BCUT2D eigenvalue weighted by Gasteiger charge is -2.10. The number of ether oxygens (including phenoxy) is 2. The molecule has 0 bridgehead atoms. The number of pyridine rings is 1. The molecule has 152 valence electrons. The summed E-state index contributed by atoms with van der Waals surface area (Å²) >= 11 is 6.14. The van der Waals surface area contributed by atoms with Crippen molar-refractivity contribution in [1.29, 1.82) is 0 Å². The highest BCUT2D eigenvalue weighted by molar-refractivity contribution is 6.30. The van der Waals surface area contributed by atoms with Gasteiger partial charge in [0, 0.05) is 17.2 Å². The van der Waals surface area contributed by atoms with Gasteiger partial charge in [0.1, 0.15) is 11.5 Å². The number of hydrogen-bond acceptors (Lipinski definition) is 4. The minimum absolute atomic E-state index is 0.104. The summed E-state index contributed by atoms with van der Waals surface area (Å²) in [5.74, 6) is 2.84. The summed E-state index contributed by atoms with van der Waals surface area (Å²) in [4.78, 5) is 14.3. The maximum absolute atomic E-state index is 11.4. The summed E-state index contributed by atoms with van der Waals surface area (Å²) in [5, 5.41) is 5.27. The topological polar surface area (TPSA) is 63.4 Å². The molecular weight excluding hydrogens is 388 g/mol. The lowest BCUT2D eigenvalue weighted by atomic mass is 10.1. The maximum atomic E-state index is 11.4. The minimum atomic E-state index is -0.104. The number of halogens is 1. The van der Waals surface area contributed by atoms with Crippen LogP contribution in [-0.4, -0.2) is 31.8 Å². The molecule has 0 spiro atoms. The molecule has 1 aliphatic carbocycles. The average Bonchev–Trinajstić information content (AvgIpc) is 3.49. The molecule has 3 aromatic rings. The molecule has 5 nitrogen and oxygen atoms in total. The zero-order chi connectivity index (χ0) is 20.2. The summed E-state index contributed by atoms with van der Waals surface area (Å²) in [6.45, 7) is 2.52. The van der Waals surface area contributed by atoms with Gasteiger partial charge in [-0.25, -0.2) is 0 Å². The van der Waals surface area contributed by atoms with E-state index in [1.165, 1.54) is 11.6 Å². The number of methoxy groups -OCH3 is 1. The summed E-state index contributed by atoms with van der Waals surface area (Å²) < 4.78 is 11.3. The van der Waals surface area contributed by atoms with E-state index < -0.39 is 0 Å². The second-order valence-corrected chi connectivity index (χ2v) is 7.90. The Kier molecular flexibility index (Phi) is 6.07. The molecule has 0 saturated heterocycles. The van der Waals surface area contributed by atoms with E-state index >= 15 is 0 Å². The van der Waals surface area contributed by atoms with Crippen LogP contribution >= 0.6 is 11.6 Å². The van der Waals surface area contributed by atoms with Crippen molar-refractivity contribution in [1.82, 2.24) is 10.3 Å².